The molecule has 1 aromatic carbocycles. The lowest BCUT2D eigenvalue weighted by Gasteiger charge is -2.10. The zero-order chi connectivity index (χ0) is 10.7. The monoisotopic (exact) mass is 206 g/mol. The number of phenols is 1. The predicted octanol–water partition coefficient (Wildman–Crippen LogP) is 0.940. The molecular weight excluding hydrogens is 192 g/mol. The molecule has 1 aliphatic heterocycles. The molecule has 3 N–H and O–H groups in total. The van der Waals surface area contributed by atoms with Crippen molar-refractivity contribution in [1.82, 2.24) is 5.32 Å². The van der Waals surface area contributed by atoms with Crippen LogP contribution in [0.15, 0.2) is 24.3 Å². The number of hydrogen-bond donors (Lipinski definition) is 3. The molecule has 0 bridgehead atoms. The molecule has 4 heteroatoms. The van der Waals surface area contributed by atoms with Crippen molar-refractivity contribution < 1.29 is 9.90 Å². The Morgan fingerprint density at radius 1 is 1.47 bits per heavy atom. The highest BCUT2D eigenvalue weighted by atomic mass is 16.3. The number of rotatable bonds is 2. The maximum atomic E-state index is 11.7. The number of carbonyl (C=O) groups is 1. The standard InChI is InChI=1S/C11H14N2O2/c14-10-4-2-1-3-9(10)13-11(15)8-5-6-12-7-8/h1-4,8,12,14H,5-7H2,(H,13,15)/t8-/m1/s1. The van der Waals surface area contributed by atoms with Crippen LogP contribution >= 0.6 is 0 Å². The Kier molecular flexibility index (Phi) is 2.87. The lowest BCUT2D eigenvalue weighted by atomic mass is 10.1. The van der Waals surface area contributed by atoms with Gasteiger partial charge in [0.1, 0.15) is 5.75 Å². The number of para-hydroxylation sites is 2. The molecule has 4 nitrogen and oxygen atoms in total. The molecular formula is C11H14N2O2. The van der Waals surface area contributed by atoms with Gasteiger partial charge in [-0.05, 0) is 25.1 Å². The average Bonchev–Trinajstić information content (AvgIpc) is 2.74. The predicted molar refractivity (Wildman–Crippen MR) is 57.7 cm³/mol. The van der Waals surface area contributed by atoms with E-state index >= 15 is 0 Å². The van der Waals surface area contributed by atoms with E-state index in [1.54, 1.807) is 24.3 Å². The molecule has 1 fully saturated rings. The molecule has 1 aliphatic rings. The fraction of sp³-hybridized carbons (Fsp3) is 0.364. The summed E-state index contributed by atoms with van der Waals surface area (Å²) in [5.74, 6) is 0.0999. The summed E-state index contributed by atoms with van der Waals surface area (Å²) in [4.78, 5) is 11.7. The summed E-state index contributed by atoms with van der Waals surface area (Å²) in [5.41, 5.74) is 0.481. The van der Waals surface area contributed by atoms with Crippen molar-refractivity contribution in [3.05, 3.63) is 24.3 Å². The van der Waals surface area contributed by atoms with Crippen LogP contribution in [0, 0.1) is 5.92 Å². The summed E-state index contributed by atoms with van der Waals surface area (Å²) >= 11 is 0. The smallest absolute Gasteiger partial charge is 0.228 e. The summed E-state index contributed by atoms with van der Waals surface area (Å²) in [6.45, 7) is 1.61. The Labute approximate surface area is 88.3 Å². The minimum Gasteiger partial charge on any atom is -0.506 e. The van der Waals surface area contributed by atoms with Crippen LogP contribution in [-0.4, -0.2) is 24.1 Å². The number of carbonyl (C=O) groups excluding carboxylic acids is 1. The molecule has 0 aromatic heterocycles. The molecule has 1 heterocycles. The van der Waals surface area contributed by atoms with Crippen LogP contribution in [0.25, 0.3) is 0 Å². The summed E-state index contributed by atoms with van der Waals surface area (Å²) in [6.07, 6.45) is 0.861. The average molecular weight is 206 g/mol. The second-order valence-electron chi connectivity index (χ2n) is 3.70. The molecule has 80 valence electrons. The van der Waals surface area contributed by atoms with Crippen molar-refractivity contribution in [3.8, 4) is 5.75 Å². The fourth-order valence-electron chi connectivity index (χ4n) is 1.69. The lowest BCUT2D eigenvalue weighted by Crippen LogP contribution is -2.24. The summed E-state index contributed by atoms with van der Waals surface area (Å²) in [6, 6.07) is 6.75. The van der Waals surface area contributed by atoms with Crippen molar-refractivity contribution in [1.29, 1.82) is 0 Å². The van der Waals surface area contributed by atoms with Crippen LogP contribution in [0.4, 0.5) is 5.69 Å². The van der Waals surface area contributed by atoms with Crippen molar-refractivity contribution in [3.63, 3.8) is 0 Å². The first-order chi connectivity index (χ1) is 7.27. The van der Waals surface area contributed by atoms with Crippen molar-refractivity contribution in [2.45, 2.75) is 6.42 Å². The number of benzene rings is 1. The molecule has 0 aliphatic carbocycles. The van der Waals surface area contributed by atoms with Gasteiger partial charge < -0.3 is 15.7 Å². The molecule has 1 amide bonds. The largest absolute Gasteiger partial charge is 0.506 e. The SMILES string of the molecule is O=C(Nc1ccccc1O)[C@@H]1CCNC1. The van der Waals surface area contributed by atoms with Gasteiger partial charge in [0.05, 0.1) is 11.6 Å². The maximum absolute atomic E-state index is 11.7. The third-order valence-corrected chi connectivity index (χ3v) is 2.59. The van der Waals surface area contributed by atoms with E-state index in [0.29, 0.717) is 5.69 Å². The van der Waals surface area contributed by atoms with Gasteiger partial charge in [0, 0.05) is 6.54 Å². The van der Waals surface area contributed by atoms with Crippen LogP contribution < -0.4 is 10.6 Å². The van der Waals surface area contributed by atoms with E-state index < -0.39 is 0 Å². The Balaban J connectivity index is 2.02. The van der Waals surface area contributed by atoms with Crippen LogP contribution in [0.3, 0.4) is 0 Å². The second-order valence-corrected chi connectivity index (χ2v) is 3.70. The molecule has 2 rings (SSSR count). The maximum Gasteiger partial charge on any atom is 0.228 e. The normalized spacial score (nSPS) is 20.1. The number of hydrogen-bond acceptors (Lipinski definition) is 3. The van der Waals surface area contributed by atoms with Gasteiger partial charge in [0.15, 0.2) is 0 Å². The third kappa shape index (κ3) is 2.27. The Morgan fingerprint density at radius 2 is 2.27 bits per heavy atom. The summed E-state index contributed by atoms with van der Waals surface area (Å²) < 4.78 is 0. The fourth-order valence-corrected chi connectivity index (χ4v) is 1.69. The number of nitrogens with one attached hydrogen (secondary N) is 2. The Bertz CT molecular complexity index is 359. The van der Waals surface area contributed by atoms with Gasteiger partial charge in [-0.3, -0.25) is 4.79 Å². The third-order valence-electron chi connectivity index (χ3n) is 2.59. The Hall–Kier alpha value is -1.55. The zero-order valence-corrected chi connectivity index (χ0v) is 8.36. The molecule has 15 heavy (non-hydrogen) atoms. The topological polar surface area (TPSA) is 61.4 Å². The van der Waals surface area contributed by atoms with E-state index in [9.17, 15) is 9.90 Å². The number of amides is 1. The van der Waals surface area contributed by atoms with Crippen LogP contribution in [0.1, 0.15) is 6.42 Å². The van der Waals surface area contributed by atoms with E-state index in [2.05, 4.69) is 10.6 Å². The summed E-state index contributed by atoms with van der Waals surface area (Å²) in [7, 11) is 0. The van der Waals surface area contributed by atoms with Gasteiger partial charge in [-0.1, -0.05) is 12.1 Å². The number of anilines is 1. The number of aromatic hydroxyl groups is 1. The van der Waals surface area contributed by atoms with E-state index in [4.69, 9.17) is 0 Å². The van der Waals surface area contributed by atoms with Gasteiger partial charge in [0.2, 0.25) is 5.91 Å². The quantitative estimate of drug-likeness (QED) is 0.631. The minimum absolute atomic E-state index is 0.0182. The van der Waals surface area contributed by atoms with E-state index in [-0.39, 0.29) is 17.6 Å². The Morgan fingerprint density at radius 3 is 2.93 bits per heavy atom. The van der Waals surface area contributed by atoms with Crippen molar-refractivity contribution in [2.75, 3.05) is 18.4 Å². The van der Waals surface area contributed by atoms with E-state index in [1.807, 2.05) is 0 Å². The molecule has 0 spiro atoms. The highest BCUT2D eigenvalue weighted by Crippen LogP contribution is 2.22. The van der Waals surface area contributed by atoms with Gasteiger partial charge in [-0.15, -0.1) is 0 Å². The molecule has 0 unspecified atom stereocenters. The van der Waals surface area contributed by atoms with Gasteiger partial charge in [-0.25, -0.2) is 0 Å². The highest BCUT2D eigenvalue weighted by molar-refractivity contribution is 5.94. The van der Waals surface area contributed by atoms with Gasteiger partial charge >= 0.3 is 0 Å². The first-order valence-electron chi connectivity index (χ1n) is 5.07. The van der Waals surface area contributed by atoms with E-state index in [1.165, 1.54) is 0 Å². The molecule has 0 radical (unpaired) electrons. The van der Waals surface area contributed by atoms with Crippen LogP contribution in [-0.2, 0) is 4.79 Å². The first-order valence-corrected chi connectivity index (χ1v) is 5.07. The second kappa shape index (κ2) is 4.31. The van der Waals surface area contributed by atoms with Crippen LogP contribution in [0.5, 0.6) is 5.75 Å². The molecule has 1 aromatic rings. The van der Waals surface area contributed by atoms with Crippen LogP contribution in [0.2, 0.25) is 0 Å². The van der Waals surface area contributed by atoms with Gasteiger partial charge in [0.25, 0.3) is 0 Å². The van der Waals surface area contributed by atoms with Gasteiger partial charge in [-0.2, -0.15) is 0 Å². The van der Waals surface area contributed by atoms with Crippen molar-refractivity contribution >= 4 is 11.6 Å². The lowest BCUT2D eigenvalue weighted by molar-refractivity contribution is -0.119. The first kappa shape index (κ1) is 9.98. The highest BCUT2D eigenvalue weighted by Gasteiger charge is 2.22. The molecule has 1 atom stereocenters. The molecule has 0 saturated carbocycles. The molecule has 1 saturated heterocycles. The summed E-state index contributed by atoms with van der Waals surface area (Å²) in [5, 5.41) is 15.3. The van der Waals surface area contributed by atoms with Crippen molar-refractivity contribution in [2.24, 2.45) is 5.92 Å². The van der Waals surface area contributed by atoms with E-state index in [0.717, 1.165) is 19.5 Å². The zero-order valence-electron chi connectivity index (χ0n) is 8.36. The minimum atomic E-state index is -0.0264. The number of phenolic OH excluding ortho intramolecular Hbond substituents is 1.